The zero-order valence-electron chi connectivity index (χ0n) is 17.2. The molecule has 4 nitrogen and oxygen atoms in total. The fourth-order valence-corrected chi connectivity index (χ4v) is 3.28. The molecular weight excluding hydrogens is 328 g/mol. The highest BCUT2D eigenvalue weighted by Gasteiger charge is 2.33. The molecular formula is C22H34O4. The van der Waals surface area contributed by atoms with Gasteiger partial charge >= 0.3 is 11.9 Å². The summed E-state index contributed by atoms with van der Waals surface area (Å²) in [4.78, 5) is 25.6. The molecule has 0 amide bonds. The smallest absolute Gasteiger partial charge is 0.339 e. The van der Waals surface area contributed by atoms with Crippen molar-refractivity contribution < 1.29 is 19.1 Å². The third-order valence-corrected chi connectivity index (χ3v) is 5.85. The molecule has 0 aliphatic rings. The molecule has 0 N–H and O–H groups in total. The van der Waals surface area contributed by atoms with Crippen molar-refractivity contribution in [1.29, 1.82) is 0 Å². The Hall–Kier alpha value is -1.84. The molecule has 0 heterocycles. The molecule has 1 aromatic carbocycles. The van der Waals surface area contributed by atoms with Crippen LogP contribution in [0.15, 0.2) is 24.3 Å². The predicted molar refractivity (Wildman–Crippen MR) is 104 cm³/mol. The van der Waals surface area contributed by atoms with Crippen LogP contribution >= 0.6 is 0 Å². The van der Waals surface area contributed by atoms with Gasteiger partial charge in [-0.15, -0.1) is 0 Å². The SMILES string of the molecule is CCC(CC)(CC)OC(=O)c1ccccc1C(=O)OC(CC)(CC)CC. The Labute approximate surface area is 158 Å². The molecule has 26 heavy (non-hydrogen) atoms. The van der Waals surface area contributed by atoms with Crippen molar-refractivity contribution in [3.63, 3.8) is 0 Å². The van der Waals surface area contributed by atoms with Gasteiger partial charge in [0.1, 0.15) is 11.2 Å². The van der Waals surface area contributed by atoms with Gasteiger partial charge < -0.3 is 9.47 Å². The highest BCUT2D eigenvalue weighted by Crippen LogP contribution is 2.29. The highest BCUT2D eigenvalue weighted by molar-refractivity contribution is 6.03. The van der Waals surface area contributed by atoms with Gasteiger partial charge in [-0.3, -0.25) is 0 Å². The molecule has 1 aromatic rings. The Morgan fingerprint density at radius 2 is 0.923 bits per heavy atom. The zero-order chi connectivity index (χ0) is 19.8. The molecule has 0 aromatic heterocycles. The standard InChI is InChI=1S/C22H34O4/c1-7-21(8-2,9-3)25-19(23)17-15-13-14-16-18(17)20(24)26-22(10-4,11-5)12-6/h13-16H,7-12H2,1-6H3. The van der Waals surface area contributed by atoms with E-state index in [1.165, 1.54) is 0 Å². The topological polar surface area (TPSA) is 52.6 Å². The van der Waals surface area contributed by atoms with Gasteiger partial charge in [-0.2, -0.15) is 0 Å². The molecule has 0 fully saturated rings. The van der Waals surface area contributed by atoms with Crippen LogP contribution in [0.2, 0.25) is 0 Å². The van der Waals surface area contributed by atoms with Crippen LogP contribution < -0.4 is 0 Å². The summed E-state index contributed by atoms with van der Waals surface area (Å²) < 4.78 is 11.6. The maximum absolute atomic E-state index is 12.8. The summed E-state index contributed by atoms with van der Waals surface area (Å²) in [5.41, 5.74) is -0.439. The van der Waals surface area contributed by atoms with Crippen LogP contribution in [0.5, 0.6) is 0 Å². The van der Waals surface area contributed by atoms with E-state index in [0.29, 0.717) is 0 Å². The molecule has 146 valence electrons. The van der Waals surface area contributed by atoms with Gasteiger partial charge in [0.2, 0.25) is 0 Å². The number of hydrogen-bond acceptors (Lipinski definition) is 4. The number of carbonyl (C=O) groups excluding carboxylic acids is 2. The molecule has 0 atom stereocenters. The van der Waals surface area contributed by atoms with Crippen molar-refractivity contribution in [2.75, 3.05) is 0 Å². The molecule has 0 saturated carbocycles. The fraction of sp³-hybridized carbons (Fsp3) is 0.636. The summed E-state index contributed by atoms with van der Waals surface area (Å²) in [5.74, 6) is -0.920. The number of hydrogen-bond donors (Lipinski definition) is 0. The molecule has 0 spiro atoms. The average Bonchev–Trinajstić information content (AvgIpc) is 2.70. The van der Waals surface area contributed by atoms with Crippen molar-refractivity contribution in [3.05, 3.63) is 35.4 Å². The van der Waals surface area contributed by atoms with Crippen molar-refractivity contribution in [3.8, 4) is 0 Å². The normalized spacial score (nSPS) is 11.9. The summed E-state index contributed by atoms with van der Waals surface area (Å²) in [7, 11) is 0. The molecule has 0 radical (unpaired) electrons. The summed E-state index contributed by atoms with van der Waals surface area (Å²) >= 11 is 0. The molecule has 0 aliphatic heterocycles. The largest absolute Gasteiger partial charge is 0.455 e. The van der Waals surface area contributed by atoms with Gasteiger partial charge in [-0.1, -0.05) is 53.7 Å². The van der Waals surface area contributed by atoms with Crippen molar-refractivity contribution in [2.24, 2.45) is 0 Å². The summed E-state index contributed by atoms with van der Waals surface area (Å²) in [6.45, 7) is 12.1. The van der Waals surface area contributed by atoms with Crippen LogP contribution in [0.3, 0.4) is 0 Å². The van der Waals surface area contributed by atoms with Crippen LogP contribution in [-0.2, 0) is 9.47 Å². The number of esters is 2. The molecule has 1 rings (SSSR count). The Balaban J connectivity index is 3.14. The number of rotatable bonds is 10. The second-order valence-corrected chi connectivity index (χ2v) is 6.81. The lowest BCUT2D eigenvalue weighted by molar-refractivity contribution is -0.0291. The molecule has 0 saturated heterocycles. The van der Waals surface area contributed by atoms with E-state index < -0.39 is 23.1 Å². The summed E-state index contributed by atoms with van der Waals surface area (Å²) in [6.07, 6.45) is 4.43. The van der Waals surface area contributed by atoms with Gasteiger partial charge in [0.25, 0.3) is 0 Å². The van der Waals surface area contributed by atoms with E-state index in [-0.39, 0.29) is 11.1 Å². The van der Waals surface area contributed by atoms with Gasteiger partial charge in [-0.05, 0) is 50.7 Å². The number of ether oxygens (including phenoxy) is 2. The van der Waals surface area contributed by atoms with E-state index in [1.807, 2.05) is 41.5 Å². The molecule has 0 bridgehead atoms. The van der Waals surface area contributed by atoms with Gasteiger partial charge in [0, 0.05) is 0 Å². The maximum atomic E-state index is 12.8. The van der Waals surface area contributed by atoms with Gasteiger partial charge in [-0.25, -0.2) is 9.59 Å². The third-order valence-electron chi connectivity index (χ3n) is 5.85. The molecule has 0 unspecified atom stereocenters. The predicted octanol–water partition coefficient (Wildman–Crippen LogP) is 5.94. The minimum absolute atomic E-state index is 0.273. The van der Waals surface area contributed by atoms with Crippen LogP contribution in [0.4, 0.5) is 0 Å². The third kappa shape index (κ3) is 4.87. The van der Waals surface area contributed by atoms with E-state index >= 15 is 0 Å². The van der Waals surface area contributed by atoms with Gasteiger partial charge in [0.05, 0.1) is 11.1 Å². The van der Waals surface area contributed by atoms with E-state index in [0.717, 1.165) is 38.5 Å². The zero-order valence-corrected chi connectivity index (χ0v) is 17.2. The number of benzene rings is 1. The van der Waals surface area contributed by atoms with Crippen LogP contribution in [0.1, 0.15) is 101 Å². The first kappa shape index (κ1) is 22.2. The average molecular weight is 363 g/mol. The first-order chi connectivity index (χ1) is 12.4. The van der Waals surface area contributed by atoms with E-state index in [4.69, 9.17) is 9.47 Å². The molecule has 0 aliphatic carbocycles. The highest BCUT2D eigenvalue weighted by atomic mass is 16.6. The first-order valence-electron chi connectivity index (χ1n) is 9.92. The second-order valence-electron chi connectivity index (χ2n) is 6.81. The lowest BCUT2D eigenvalue weighted by Gasteiger charge is -2.32. The van der Waals surface area contributed by atoms with Crippen LogP contribution in [0.25, 0.3) is 0 Å². The number of carbonyl (C=O) groups is 2. The Morgan fingerprint density at radius 1 is 0.654 bits per heavy atom. The van der Waals surface area contributed by atoms with Crippen molar-refractivity contribution in [2.45, 2.75) is 91.3 Å². The van der Waals surface area contributed by atoms with E-state index in [2.05, 4.69) is 0 Å². The Morgan fingerprint density at radius 3 is 1.15 bits per heavy atom. The van der Waals surface area contributed by atoms with Crippen LogP contribution in [-0.4, -0.2) is 23.1 Å². The van der Waals surface area contributed by atoms with E-state index in [9.17, 15) is 9.59 Å². The molecule has 4 heteroatoms. The van der Waals surface area contributed by atoms with E-state index in [1.54, 1.807) is 24.3 Å². The first-order valence-corrected chi connectivity index (χ1v) is 9.92. The van der Waals surface area contributed by atoms with Gasteiger partial charge in [0.15, 0.2) is 0 Å². The maximum Gasteiger partial charge on any atom is 0.339 e. The Bertz CT molecular complexity index is 528. The lowest BCUT2D eigenvalue weighted by Crippen LogP contribution is -2.35. The monoisotopic (exact) mass is 362 g/mol. The minimum atomic E-state index is -0.492. The second kappa shape index (κ2) is 9.75. The lowest BCUT2D eigenvalue weighted by atomic mass is 9.93. The summed E-state index contributed by atoms with van der Waals surface area (Å²) in [5, 5.41) is 0. The minimum Gasteiger partial charge on any atom is -0.455 e. The van der Waals surface area contributed by atoms with Crippen LogP contribution in [0, 0.1) is 0 Å². The van der Waals surface area contributed by atoms with Crippen molar-refractivity contribution >= 4 is 11.9 Å². The Kier molecular flexibility index (Phi) is 8.32. The quantitative estimate of drug-likeness (QED) is 0.483. The fourth-order valence-electron chi connectivity index (χ4n) is 3.28. The van der Waals surface area contributed by atoms with Crippen molar-refractivity contribution in [1.82, 2.24) is 0 Å². The summed E-state index contributed by atoms with van der Waals surface area (Å²) in [6, 6.07) is 6.75.